The molecule has 2 N–H and O–H groups in total. The molecule has 0 aromatic heterocycles. The van der Waals surface area contributed by atoms with Crippen LogP contribution in [0.5, 0.6) is 5.75 Å². The van der Waals surface area contributed by atoms with Gasteiger partial charge in [0.2, 0.25) is 0 Å². The first kappa shape index (κ1) is 19.4. The van der Waals surface area contributed by atoms with Gasteiger partial charge in [-0.1, -0.05) is 18.2 Å². The van der Waals surface area contributed by atoms with E-state index in [1.807, 2.05) is 0 Å². The molecule has 0 bridgehead atoms. The van der Waals surface area contributed by atoms with E-state index in [9.17, 15) is 26.3 Å². The molecule has 2 rings (SSSR count). The second kappa shape index (κ2) is 7.52. The van der Waals surface area contributed by atoms with Crippen LogP contribution in [-0.4, -0.2) is 6.36 Å². The minimum atomic E-state index is -5.24. The fraction of sp³-hybridized carbons (Fsp3) is 0.200. The van der Waals surface area contributed by atoms with Crippen molar-refractivity contribution in [3.63, 3.8) is 0 Å². The molecule has 0 saturated carbocycles. The summed E-state index contributed by atoms with van der Waals surface area (Å²) in [6, 6.07) is 10.5. The minimum absolute atomic E-state index is 0.0666. The lowest BCUT2D eigenvalue weighted by molar-refractivity contribution is -0.276. The van der Waals surface area contributed by atoms with Crippen molar-refractivity contribution in [2.24, 2.45) is 0 Å². The highest BCUT2D eigenvalue weighted by Gasteiger charge is 2.40. The van der Waals surface area contributed by atoms with E-state index in [1.54, 1.807) is 30.3 Å². The third kappa shape index (κ3) is 5.82. The van der Waals surface area contributed by atoms with Crippen LogP contribution in [0.15, 0.2) is 46.9 Å². The average molecular weight is 429 g/mol. The zero-order valence-corrected chi connectivity index (χ0v) is 13.9. The highest BCUT2D eigenvalue weighted by Crippen LogP contribution is 2.43. The van der Waals surface area contributed by atoms with E-state index in [0.29, 0.717) is 11.8 Å². The lowest BCUT2D eigenvalue weighted by Gasteiger charge is -2.18. The molecule has 0 heterocycles. The molecule has 0 radical (unpaired) electrons. The van der Waals surface area contributed by atoms with Crippen LogP contribution < -0.4 is 15.6 Å². The fourth-order valence-electron chi connectivity index (χ4n) is 1.95. The lowest BCUT2D eigenvalue weighted by Crippen LogP contribution is -2.23. The molecular formula is C15H11BrF6N2O. The van der Waals surface area contributed by atoms with Crippen molar-refractivity contribution >= 4 is 21.6 Å². The number of hydrogen-bond acceptors (Lipinski definition) is 3. The van der Waals surface area contributed by atoms with Crippen molar-refractivity contribution in [3.05, 3.63) is 58.1 Å². The number of alkyl halides is 6. The van der Waals surface area contributed by atoms with Crippen molar-refractivity contribution in [1.29, 1.82) is 0 Å². The fourth-order valence-corrected chi connectivity index (χ4v) is 2.54. The zero-order valence-electron chi connectivity index (χ0n) is 12.3. The first-order valence-corrected chi connectivity index (χ1v) is 7.55. The number of benzene rings is 2. The Labute approximate surface area is 147 Å². The number of hydrogen-bond donors (Lipinski definition) is 2. The van der Waals surface area contributed by atoms with E-state index >= 15 is 0 Å². The number of nitrogens with one attached hydrogen (secondary N) is 2. The van der Waals surface area contributed by atoms with Gasteiger partial charge in [0.05, 0.1) is 10.0 Å². The Bertz CT molecular complexity index is 718. The molecule has 0 aliphatic rings. The van der Waals surface area contributed by atoms with Crippen molar-refractivity contribution in [2.75, 3.05) is 5.43 Å². The summed E-state index contributed by atoms with van der Waals surface area (Å²) >= 11 is 2.71. The molecule has 0 amide bonds. The summed E-state index contributed by atoms with van der Waals surface area (Å²) in [7, 11) is 0. The number of rotatable bonds is 5. The smallest absolute Gasteiger partial charge is 0.404 e. The quantitative estimate of drug-likeness (QED) is 0.488. The maximum Gasteiger partial charge on any atom is 0.573 e. The van der Waals surface area contributed by atoms with Crippen molar-refractivity contribution in [3.8, 4) is 5.75 Å². The van der Waals surface area contributed by atoms with E-state index < -0.39 is 28.3 Å². The predicted molar refractivity (Wildman–Crippen MR) is 82.7 cm³/mol. The van der Waals surface area contributed by atoms with Gasteiger partial charge in [0, 0.05) is 12.2 Å². The van der Waals surface area contributed by atoms with Crippen LogP contribution in [0.1, 0.15) is 11.1 Å². The van der Waals surface area contributed by atoms with Gasteiger partial charge in [0.15, 0.2) is 5.75 Å². The number of anilines is 1. The molecule has 3 nitrogen and oxygen atoms in total. The van der Waals surface area contributed by atoms with Crippen LogP contribution in [0.3, 0.4) is 0 Å². The SMILES string of the molecule is FC(F)(F)Oc1c(Br)cc(CNNc2ccccc2)cc1C(F)(F)F. The number of halogens is 7. The summed E-state index contributed by atoms with van der Waals surface area (Å²) in [6.07, 6.45) is -10.2. The molecule has 10 heteroatoms. The van der Waals surface area contributed by atoms with E-state index in [4.69, 9.17) is 0 Å². The molecule has 25 heavy (non-hydrogen) atoms. The van der Waals surface area contributed by atoms with Gasteiger partial charge in [-0.3, -0.25) is 0 Å². The van der Waals surface area contributed by atoms with Gasteiger partial charge in [0.25, 0.3) is 0 Å². The molecule has 0 spiro atoms. The Balaban J connectivity index is 2.21. The highest BCUT2D eigenvalue weighted by atomic mass is 79.9. The van der Waals surface area contributed by atoms with E-state index in [0.717, 1.165) is 6.07 Å². The molecule has 0 aliphatic heterocycles. The van der Waals surface area contributed by atoms with Gasteiger partial charge in [-0.2, -0.15) is 13.2 Å². The van der Waals surface area contributed by atoms with Crippen LogP contribution >= 0.6 is 15.9 Å². The zero-order chi connectivity index (χ0) is 18.7. The summed E-state index contributed by atoms with van der Waals surface area (Å²) in [4.78, 5) is 0. The maximum atomic E-state index is 13.1. The minimum Gasteiger partial charge on any atom is -0.404 e. The van der Waals surface area contributed by atoms with Crippen LogP contribution in [0.25, 0.3) is 0 Å². The standard InChI is InChI=1S/C15H11BrF6N2O/c16-12-7-9(8-23-24-10-4-2-1-3-5-10)6-11(14(17,18)19)13(12)25-15(20,21)22/h1-7,23-24H,8H2. The Kier molecular flexibility index (Phi) is 5.83. The van der Waals surface area contributed by atoms with Crippen LogP contribution in [0.4, 0.5) is 32.0 Å². The predicted octanol–water partition coefficient (Wildman–Crippen LogP) is 5.48. The monoisotopic (exact) mass is 428 g/mol. The van der Waals surface area contributed by atoms with Crippen LogP contribution in [-0.2, 0) is 12.7 Å². The van der Waals surface area contributed by atoms with Gasteiger partial charge in [-0.05, 0) is 45.8 Å². The van der Waals surface area contributed by atoms with Crippen molar-refractivity contribution in [2.45, 2.75) is 19.1 Å². The first-order chi connectivity index (χ1) is 11.6. The van der Waals surface area contributed by atoms with Gasteiger partial charge < -0.3 is 10.2 Å². The van der Waals surface area contributed by atoms with Crippen molar-refractivity contribution in [1.82, 2.24) is 5.43 Å². The molecule has 2 aromatic carbocycles. The van der Waals surface area contributed by atoms with E-state index in [2.05, 4.69) is 31.5 Å². The van der Waals surface area contributed by atoms with Gasteiger partial charge >= 0.3 is 12.5 Å². The van der Waals surface area contributed by atoms with Crippen molar-refractivity contribution < 1.29 is 31.1 Å². The molecule has 0 unspecified atom stereocenters. The van der Waals surface area contributed by atoms with E-state index in [-0.39, 0.29) is 12.1 Å². The topological polar surface area (TPSA) is 33.3 Å². The summed E-state index contributed by atoms with van der Waals surface area (Å²) < 4.78 is 79.3. The van der Waals surface area contributed by atoms with E-state index in [1.165, 1.54) is 0 Å². The molecule has 136 valence electrons. The molecule has 0 atom stereocenters. The van der Waals surface area contributed by atoms with Gasteiger partial charge in [0.1, 0.15) is 0 Å². The van der Waals surface area contributed by atoms with Crippen LogP contribution in [0, 0.1) is 0 Å². The normalized spacial score (nSPS) is 12.1. The largest absolute Gasteiger partial charge is 0.573 e. The van der Waals surface area contributed by atoms with Gasteiger partial charge in [-0.15, -0.1) is 13.2 Å². The maximum absolute atomic E-state index is 13.1. The Morgan fingerprint density at radius 3 is 2.16 bits per heavy atom. The summed E-state index contributed by atoms with van der Waals surface area (Å²) in [5.41, 5.74) is 4.72. The highest BCUT2D eigenvalue weighted by molar-refractivity contribution is 9.10. The number of ether oxygens (including phenoxy) is 1. The summed E-state index contributed by atoms with van der Waals surface area (Å²) in [5.74, 6) is -1.32. The Morgan fingerprint density at radius 1 is 0.960 bits per heavy atom. The third-order valence-electron chi connectivity index (χ3n) is 2.93. The number of para-hydroxylation sites is 1. The Hall–Kier alpha value is -1.94. The second-order valence-corrected chi connectivity index (χ2v) is 5.70. The average Bonchev–Trinajstić information content (AvgIpc) is 2.48. The number of hydrazine groups is 1. The van der Waals surface area contributed by atoms with Gasteiger partial charge in [-0.25, -0.2) is 5.43 Å². The molecular weight excluding hydrogens is 418 g/mol. The summed E-state index contributed by atoms with van der Waals surface area (Å²) in [6.45, 7) is -0.0666. The summed E-state index contributed by atoms with van der Waals surface area (Å²) in [5, 5.41) is 0. The molecule has 0 saturated heterocycles. The molecule has 0 fully saturated rings. The lowest BCUT2D eigenvalue weighted by atomic mass is 10.1. The Morgan fingerprint density at radius 2 is 1.60 bits per heavy atom. The first-order valence-electron chi connectivity index (χ1n) is 6.75. The molecule has 0 aliphatic carbocycles. The molecule has 2 aromatic rings. The second-order valence-electron chi connectivity index (χ2n) is 4.84. The third-order valence-corrected chi connectivity index (χ3v) is 3.51. The van der Waals surface area contributed by atoms with Crippen LogP contribution in [0.2, 0.25) is 0 Å².